The highest BCUT2D eigenvalue weighted by Crippen LogP contribution is 2.31. The number of amides is 3. The van der Waals surface area contributed by atoms with Crippen molar-refractivity contribution in [2.45, 2.75) is 63.3 Å². The third-order valence-electron chi connectivity index (χ3n) is 5.54. The predicted molar refractivity (Wildman–Crippen MR) is 101 cm³/mol. The summed E-state index contributed by atoms with van der Waals surface area (Å²) in [6, 6.07) is 4.88. The van der Waals surface area contributed by atoms with Crippen molar-refractivity contribution >= 4 is 30.1 Å². The van der Waals surface area contributed by atoms with Gasteiger partial charge in [-0.1, -0.05) is 6.42 Å². The zero-order valence-corrected chi connectivity index (χ0v) is 15.8. The van der Waals surface area contributed by atoms with Gasteiger partial charge in [0.1, 0.15) is 17.9 Å². The van der Waals surface area contributed by atoms with E-state index >= 15 is 0 Å². The van der Waals surface area contributed by atoms with E-state index < -0.39 is 11.9 Å². The number of ether oxygens (including phenoxy) is 1. The Kier molecular flexibility index (Phi) is 5.72. The van der Waals surface area contributed by atoms with Gasteiger partial charge in [-0.2, -0.15) is 0 Å². The number of benzene rings is 1. The van der Waals surface area contributed by atoms with Crippen molar-refractivity contribution < 1.29 is 19.1 Å². The Morgan fingerprint density at radius 2 is 1.89 bits per heavy atom. The molecule has 4 rings (SSSR count). The Balaban J connectivity index is 0.00000210. The summed E-state index contributed by atoms with van der Waals surface area (Å²) in [5.41, 5.74) is 7.59. The fourth-order valence-electron chi connectivity index (χ4n) is 4.07. The monoisotopic (exact) mass is 393 g/mol. The molecule has 3 amide bonds. The average Bonchev–Trinajstić information content (AvgIpc) is 2.93. The van der Waals surface area contributed by atoms with E-state index in [1.54, 1.807) is 17.0 Å². The Morgan fingerprint density at radius 1 is 1.11 bits per heavy atom. The molecule has 1 aromatic rings. The Hall–Kier alpha value is -2.12. The molecule has 3 atom stereocenters. The van der Waals surface area contributed by atoms with Crippen molar-refractivity contribution in [3.05, 3.63) is 29.3 Å². The van der Waals surface area contributed by atoms with Crippen LogP contribution in [-0.4, -0.2) is 40.8 Å². The predicted octanol–water partition coefficient (Wildman–Crippen LogP) is 1.52. The van der Waals surface area contributed by atoms with E-state index in [2.05, 4.69) is 5.32 Å². The molecule has 3 N–H and O–H groups in total. The van der Waals surface area contributed by atoms with Gasteiger partial charge in [0.05, 0.1) is 0 Å². The molecule has 0 radical (unpaired) electrons. The minimum atomic E-state index is -0.594. The number of halogens is 1. The van der Waals surface area contributed by atoms with Crippen LogP contribution in [0.25, 0.3) is 0 Å². The number of piperidine rings is 1. The first-order valence-electron chi connectivity index (χ1n) is 9.23. The Morgan fingerprint density at radius 3 is 2.63 bits per heavy atom. The lowest BCUT2D eigenvalue weighted by atomic mass is 9.93. The summed E-state index contributed by atoms with van der Waals surface area (Å²) < 4.78 is 6.07. The van der Waals surface area contributed by atoms with Crippen LogP contribution in [0.5, 0.6) is 5.75 Å². The maximum atomic E-state index is 12.7. The highest BCUT2D eigenvalue weighted by Gasteiger charge is 2.39. The van der Waals surface area contributed by atoms with E-state index in [0.717, 1.165) is 31.2 Å². The third kappa shape index (κ3) is 3.80. The minimum Gasteiger partial charge on any atom is -0.489 e. The van der Waals surface area contributed by atoms with Crippen LogP contribution in [0.2, 0.25) is 0 Å². The van der Waals surface area contributed by atoms with Crippen molar-refractivity contribution in [2.24, 2.45) is 5.73 Å². The van der Waals surface area contributed by atoms with E-state index in [1.807, 2.05) is 6.07 Å². The van der Waals surface area contributed by atoms with Gasteiger partial charge < -0.3 is 15.4 Å². The molecule has 2 aliphatic heterocycles. The molecule has 27 heavy (non-hydrogen) atoms. The number of nitrogens with zero attached hydrogens (tertiary/aromatic N) is 1. The standard InChI is InChI=1S/C19H23N3O4.ClH/c20-14-3-1-2-4-16(14)26-12-5-6-13-11(9-12)10-22(19(13)25)15-7-8-17(23)21-18(15)24;/h5-6,9,14-16H,1-4,7-8,10,20H2,(H,21,23,24);1H/t14-,15?,16-;/m0./s1. The summed E-state index contributed by atoms with van der Waals surface area (Å²) in [6.07, 6.45) is 4.79. The molecule has 146 valence electrons. The lowest BCUT2D eigenvalue weighted by Crippen LogP contribution is -2.52. The van der Waals surface area contributed by atoms with Crippen molar-refractivity contribution in [1.82, 2.24) is 10.2 Å². The van der Waals surface area contributed by atoms with Crippen LogP contribution in [0.15, 0.2) is 18.2 Å². The van der Waals surface area contributed by atoms with Gasteiger partial charge in [-0.05, 0) is 49.4 Å². The van der Waals surface area contributed by atoms with Gasteiger partial charge in [-0.3, -0.25) is 19.7 Å². The molecule has 0 spiro atoms. The second-order valence-electron chi connectivity index (χ2n) is 7.32. The molecular weight excluding hydrogens is 370 g/mol. The van der Waals surface area contributed by atoms with Gasteiger partial charge in [0.25, 0.3) is 5.91 Å². The number of rotatable bonds is 3. The van der Waals surface area contributed by atoms with Gasteiger partial charge >= 0.3 is 0 Å². The van der Waals surface area contributed by atoms with Gasteiger partial charge in [0, 0.05) is 24.6 Å². The van der Waals surface area contributed by atoms with Crippen LogP contribution in [-0.2, 0) is 16.1 Å². The van der Waals surface area contributed by atoms with Crippen LogP contribution in [0.3, 0.4) is 0 Å². The largest absolute Gasteiger partial charge is 0.489 e. The van der Waals surface area contributed by atoms with Crippen LogP contribution in [0, 0.1) is 0 Å². The first-order valence-corrected chi connectivity index (χ1v) is 9.23. The molecule has 8 heteroatoms. The van der Waals surface area contributed by atoms with Crippen molar-refractivity contribution in [1.29, 1.82) is 0 Å². The summed E-state index contributed by atoms with van der Waals surface area (Å²) in [6.45, 7) is 0.356. The lowest BCUT2D eigenvalue weighted by Gasteiger charge is -2.29. The van der Waals surface area contributed by atoms with Crippen LogP contribution in [0.1, 0.15) is 54.4 Å². The maximum absolute atomic E-state index is 12.7. The molecule has 1 saturated heterocycles. The molecule has 0 aromatic heterocycles. The zero-order valence-electron chi connectivity index (χ0n) is 15.0. The first-order chi connectivity index (χ1) is 12.5. The topological polar surface area (TPSA) is 102 Å². The van der Waals surface area contributed by atoms with Crippen molar-refractivity contribution in [2.75, 3.05) is 0 Å². The number of carbonyl (C=O) groups is 3. The third-order valence-corrected chi connectivity index (χ3v) is 5.54. The van der Waals surface area contributed by atoms with Gasteiger partial charge in [0.15, 0.2) is 0 Å². The molecule has 1 unspecified atom stereocenters. The summed E-state index contributed by atoms with van der Waals surface area (Å²) in [4.78, 5) is 37.6. The normalized spacial score (nSPS) is 27.7. The van der Waals surface area contributed by atoms with Crippen LogP contribution in [0.4, 0.5) is 0 Å². The molecule has 0 bridgehead atoms. The fraction of sp³-hybridized carbons (Fsp3) is 0.526. The summed E-state index contributed by atoms with van der Waals surface area (Å²) >= 11 is 0. The second-order valence-corrected chi connectivity index (χ2v) is 7.32. The lowest BCUT2D eigenvalue weighted by molar-refractivity contribution is -0.136. The molecule has 1 aliphatic carbocycles. The van der Waals surface area contributed by atoms with Gasteiger partial charge in [0.2, 0.25) is 11.8 Å². The fourth-order valence-corrected chi connectivity index (χ4v) is 4.07. The van der Waals surface area contributed by atoms with E-state index in [1.165, 1.54) is 0 Å². The number of nitrogens with one attached hydrogen (secondary N) is 1. The molecule has 2 heterocycles. The SMILES string of the molecule is Cl.N[C@H]1CCCC[C@@H]1Oc1ccc2c(c1)CN(C1CCC(=O)NC1=O)C2=O. The first kappa shape index (κ1) is 19.6. The van der Waals surface area contributed by atoms with E-state index in [4.69, 9.17) is 10.5 Å². The Bertz CT molecular complexity index is 769. The van der Waals surface area contributed by atoms with Crippen LogP contribution < -0.4 is 15.8 Å². The highest BCUT2D eigenvalue weighted by atomic mass is 35.5. The van der Waals surface area contributed by atoms with E-state index in [0.29, 0.717) is 24.3 Å². The Labute approximate surface area is 164 Å². The number of imide groups is 1. The molecular formula is C19H24ClN3O4. The van der Waals surface area contributed by atoms with Gasteiger partial charge in [-0.15, -0.1) is 12.4 Å². The molecule has 3 aliphatic rings. The molecule has 7 nitrogen and oxygen atoms in total. The number of fused-ring (bicyclic) bond motifs is 1. The molecule has 1 aromatic carbocycles. The number of hydrogen-bond acceptors (Lipinski definition) is 5. The van der Waals surface area contributed by atoms with Crippen molar-refractivity contribution in [3.63, 3.8) is 0 Å². The number of carbonyl (C=O) groups excluding carboxylic acids is 3. The van der Waals surface area contributed by atoms with Crippen molar-refractivity contribution in [3.8, 4) is 5.75 Å². The summed E-state index contributed by atoms with van der Waals surface area (Å²) in [7, 11) is 0. The summed E-state index contributed by atoms with van der Waals surface area (Å²) in [5, 5.41) is 2.31. The molecule has 1 saturated carbocycles. The van der Waals surface area contributed by atoms with Gasteiger partial charge in [-0.25, -0.2) is 0 Å². The smallest absolute Gasteiger partial charge is 0.255 e. The minimum absolute atomic E-state index is 0. The average molecular weight is 394 g/mol. The second kappa shape index (κ2) is 7.86. The van der Waals surface area contributed by atoms with Crippen LogP contribution >= 0.6 is 12.4 Å². The number of hydrogen-bond donors (Lipinski definition) is 2. The van der Waals surface area contributed by atoms with E-state index in [9.17, 15) is 14.4 Å². The highest BCUT2D eigenvalue weighted by molar-refractivity contribution is 6.05. The zero-order chi connectivity index (χ0) is 18.3. The maximum Gasteiger partial charge on any atom is 0.255 e. The quantitative estimate of drug-likeness (QED) is 0.758. The number of nitrogens with two attached hydrogens (primary N) is 1. The summed E-state index contributed by atoms with van der Waals surface area (Å²) in [5.74, 6) is -0.138. The molecule has 2 fully saturated rings. The van der Waals surface area contributed by atoms with E-state index in [-0.39, 0.29) is 42.8 Å².